The number of amides is 2. The number of carbonyl (C=O) groups is 3. The summed E-state index contributed by atoms with van der Waals surface area (Å²) in [6.07, 6.45) is -0.295. The molecule has 0 aromatic heterocycles. The molecular weight excluding hydrogens is 388 g/mol. The summed E-state index contributed by atoms with van der Waals surface area (Å²) in [7, 11) is 1.59. The van der Waals surface area contributed by atoms with Gasteiger partial charge in [0.05, 0.1) is 13.0 Å². The minimum absolute atomic E-state index is 0.332. The zero-order valence-electron chi connectivity index (χ0n) is 18.4. The second-order valence-electron chi connectivity index (χ2n) is 8.39. The number of rotatable bonds is 6. The summed E-state index contributed by atoms with van der Waals surface area (Å²) in [5.74, 6) is -0.359. The summed E-state index contributed by atoms with van der Waals surface area (Å²) in [6.45, 7) is 8.18. The van der Waals surface area contributed by atoms with Gasteiger partial charge in [-0.15, -0.1) is 0 Å². The number of benzene rings is 1. The second kappa shape index (κ2) is 10.3. The lowest BCUT2D eigenvalue weighted by molar-refractivity contribution is -0.160. The fourth-order valence-electron chi connectivity index (χ4n) is 3.02. The Kier molecular flexibility index (Phi) is 8.08. The van der Waals surface area contributed by atoms with Gasteiger partial charge in [0.1, 0.15) is 11.4 Å². The van der Waals surface area contributed by atoms with Crippen LogP contribution in [0.15, 0.2) is 24.3 Å². The molecule has 1 aliphatic heterocycles. The molecule has 2 rings (SSSR count). The van der Waals surface area contributed by atoms with E-state index in [2.05, 4.69) is 5.32 Å². The normalized spacial score (nSPS) is 15.8. The van der Waals surface area contributed by atoms with Gasteiger partial charge in [-0.2, -0.15) is 0 Å². The van der Waals surface area contributed by atoms with Gasteiger partial charge >= 0.3 is 12.1 Å². The second-order valence-corrected chi connectivity index (χ2v) is 8.39. The molecule has 30 heavy (non-hydrogen) atoms. The maximum Gasteiger partial charge on any atom is 0.410 e. The van der Waals surface area contributed by atoms with E-state index in [9.17, 15) is 14.4 Å². The molecule has 0 saturated carbocycles. The molecule has 1 aromatic rings. The predicted molar refractivity (Wildman–Crippen MR) is 111 cm³/mol. The lowest BCUT2D eigenvalue weighted by Gasteiger charge is -2.32. The number of hydrogen-bond donors (Lipinski definition) is 1. The number of piperidine rings is 1. The summed E-state index contributed by atoms with van der Waals surface area (Å²) in [4.78, 5) is 38.4. The number of methoxy groups -OCH3 is 1. The number of hydrogen-bond acceptors (Lipinski definition) is 6. The molecule has 0 spiro atoms. The Morgan fingerprint density at radius 3 is 2.27 bits per heavy atom. The van der Waals surface area contributed by atoms with Crippen molar-refractivity contribution in [1.82, 2.24) is 10.2 Å². The molecule has 1 aliphatic rings. The van der Waals surface area contributed by atoms with Crippen molar-refractivity contribution in [2.24, 2.45) is 5.92 Å². The van der Waals surface area contributed by atoms with Gasteiger partial charge in [0.2, 0.25) is 0 Å². The first kappa shape index (κ1) is 23.5. The summed E-state index contributed by atoms with van der Waals surface area (Å²) < 4.78 is 15.8. The highest BCUT2D eigenvalue weighted by atomic mass is 16.6. The average Bonchev–Trinajstić information content (AvgIpc) is 2.71. The highest BCUT2D eigenvalue weighted by Crippen LogP contribution is 2.21. The monoisotopic (exact) mass is 420 g/mol. The van der Waals surface area contributed by atoms with Crippen molar-refractivity contribution in [3.8, 4) is 5.75 Å². The van der Waals surface area contributed by atoms with E-state index in [-0.39, 0.29) is 17.9 Å². The topological polar surface area (TPSA) is 94.2 Å². The SMILES string of the molecule is COc1ccc(CNC(=O)[C@H](C)OC(=O)C2CCN(C(=O)OC(C)(C)C)CC2)cc1. The molecule has 0 aliphatic carbocycles. The molecule has 1 saturated heterocycles. The number of nitrogens with one attached hydrogen (secondary N) is 1. The number of nitrogens with zero attached hydrogens (tertiary/aromatic N) is 1. The quantitative estimate of drug-likeness (QED) is 0.711. The Balaban J connectivity index is 1.74. The van der Waals surface area contributed by atoms with E-state index < -0.39 is 17.7 Å². The third-order valence-electron chi connectivity index (χ3n) is 4.77. The van der Waals surface area contributed by atoms with Crippen molar-refractivity contribution < 1.29 is 28.6 Å². The fraction of sp³-hybridized carbons (Fsp3) is 0.591. The molecule has 1 aromatic carbocycles. The molecule has 1 fully saturated rings. The van der Waals surface area contributed by atoms with Crippen LogP contribution in [0.2, 0.25) is 0 Å². The Hall–Kier alpha value is -2.77. The Labute approximate surface area is 177 Å². The van der Waals surface area contributed by atoms with Crippen LogP contribution in [0.5, 0.6) is 5.75 Å². The van der Waals surface area contributed by atoms with Crippen molar-refractivity contribution >= 4 is 18.0 Å². The third kappa shape index (κ3) is 7.24. The molecule has 2 amide bonds. The van der Waals surface area contributed by atoms with E-state index >= 15 is 0 Å². The highest BCUT2D eigenvalue weighted by molar-refractivity contribution is 5.84. The third-order valence-corrected chi connectivity index (χ3v) is 4.77. The summed E-state index contributed by atoms with van der Waals surface area (Å²) >= 11 is 0. The Bertz CT molecular complexity index is 733. The van der Waals surface area contributed by atoms with Crippen molar-refractivity contribution in [3.63, 3.8) is 0 Å². The van der Waals surface area contributed by atoms with Gasteiger partial charge in [-0.3, -0.25) is 9.59 Å². The first-order chi connectivity index (χ1) is 14.1. The van der Waals surface area contributed by atoms with Crippen LogP contribution in [0, 0.1) is 5.92 Å². The molecular formula is C22H32N2O6. The smallest absolute Gasteiger partial charge is 0.410 e. The first-order valence-corrected chi connectivity index (χ1v) is 10.2. The van der Waals surface area contributed by atoms with Crippen LogP contribution in [0.3, 0.4) is 0 Å². The van der Waals surface area contributed by atoms with E-state index in [1.807, 2.05) is 45.0 Å². The molecule has 1 heterocycles. The van der Waals surface area contributed by atoms with Crippen LogP contribution in [0.1, 0.15) is 46.1 Å². The average molecular weight is 421 g/mol. The zero-order chi connectivity index (χ0) is 22.3. The standard InChI is InChI=1S/C22H32N2O6/c1-15(19(25)23-14-16-6-8-18(28-5)9-7-16)29-20(26)17-10-12-24(13-11-17)21(27)30-22(2,3)4/h6-9,15,17H,10-14H2,1-5H3,(H,23,25)/t15-/m0/s1. The van der Waals surface area contributed by atoms with E-state index in [0.29, 0.717) is 32.5 Å². The fourth-order valence-corrected chi connectivity index (χ4v) is 3.02. The minimum Gasteiger partial charge on any atom is -0.497 e. The lowest BCUT2D eigenvalue weighted by Crippen LogP contribution is -2.44. The van der Waals surface area contributed by atoms with Crippen molar-refractivity contribution in [1.29, 1.82) is 0 Å². The van der Waals surface area contributed by atoms with Gasteiger partial charge in [0.15, 0.2) is 6.10 Å². The number of carbonyl (C=O) groups excluding carboxylic acids is 3. The summed E-state index contributed by atoms with van der Waals surface area (Å²) in [6, 6.07) is 7.34. The summed E-state index contributed by atoms with van der Waals surface area (Å²) in [5.41, 5.74) is 0.360. The summed E-state index contributed by atoms with van der Waals surface area (Å²) in [5, 5.41) is 2.76. The van der Waals surface area contributed by atoms with E-state index in [1.165, 1.54) is 0 Å². The van der Waals surface area contributed by atoms with Gasteiger partial charge in [0.25, 0.3) is 5.91 Å². The first-order valence-electron chi connectivity index (χ1n) is 10.2. The van der Waals surface area contributed by atoms with E-state index in [1.54, 1.807) is 18.9 Å². The lowest BCUT2D eigenvalue weighted by atomic mass is 9.97. The molecule has 0 unspecified atom stereocenters. The van der Waals surface area contributed by atoms with E-state index in [4.69, 9.17) is 14.2 Å². The molecule has 166 valence electrons. The van der Waals surface area contributed by atoms with Crippen LogP contribution >= 0.6 is 0 Å². The Morgan fingerprint density at radius 1 is 1.13 bits per heavy atom. The molecule has 8 heteroatoms. The predicted octanol–water partition coefficient (Wildman–Crippen LogP) is 2.89. The van der Waals surface area contributed by atoms with Crippen LogP contribution in [0.25, 0.3) is 0 Å². The van der Waals surface area contributed by atoms with Gasteiger partial charge in [-0.1, -0.05) is 12.1 Å². The van der Waals surface area contributed by atoms with Crippen molar-refractivity contribution in [3.05, 3.63) is 29.8 Å². The maximum absolute atomic E-state index is 12.4. The largest absolute Gasteiger partial charge is 0.497 e. The van der Waals surface area contributed by atoms with E-state index in [0.717, 1.165) is 11.3 Å². The van der Waals surface area contributed by atoms with Gasteiger partial charge in [-0.05, 0) is 58.2 Å². The zero-order valence-corrected chi connectivity index (χ0v) is 18.4. The van der Waals surface area contributed by atoms with Crippen LogP contribution < -0.4 is 10.1 Å². The maximum atomic E-state index is 12.4. The van der Waals surface area contributed by atoms with Crippen LogP contribution in [0.4, 0.5) is 4.79 Å². The Morgan fingerprint density at radius 2 is 1.73 bits per heavy atom. The van der Waals surface area contributed by atoms with Gasteiger partial charge in [0, 0.05) is 19.6 Å². The number of esters is 1. The van der Waals surface area contributed by atoms with Crippen molar-refractivity contribution in [2.45, 2.75) is 58.8 Å². The number of likely N-dealkylation sites (tertiary alicyclic amines) is 1. The highest BCUT2D eigenvalue weighted by Gasteiger charge is 2.32. The van der Waals surface area contributed by atoms with Crippen molar-refractivity contribution in [2.75, 3.05) is 20.2 Å². The molecule has 1 N–H and O–H groups in total. The van der Waals surface area contributed by atoms with Gasteiger partial charge in [-0.25, -0.2) is 4.79 Å². The number of ether oxygens (including phenoxy) is 3. The van der Waals surface area contributed by atoms with Crippen LogP contribution in [-0.4, -0.2) is 54.8 Å². The molecule has 0 radical (unpaired) electrons. The minimum atomic E-state index is -0.889. The van der Waals surface area contributed by atoms with Gasteiger partial charge < -0.3 is 24.4 Å². The molecule has 8 nitrogen and oxygen atoms in total. The molecule has 1 atom stereocenters. The van der Waals surface area contributed by atoms with Crippen LogP contribution in [-0.2, 0) is 25.6 Å². The molecule has 0 bridgehead atoms.